The highest BCUT2D eigenvalue weighted by Crippen LogP contribution is 2.35. The molecule has 0 aliphatic rings. The van der Waals surface area contributed by atoms with Crippen molar-refractivity contribution in [1.29, 1.82) is 0 Å². The van der Waals surface area contributed by atoms with Gasteiger partial charge in [-0.05, 0) is 67.8 Å². The Morgan fingerprint density at radius 3 is 1.23 bits per heavy atom. The molecule has 2 atom stereocenters. The molecule has 0 fully saturated rings. The zero-order chi connectivity index (χ0) is 28.0. The topological polar surface area (TPSA) is 243 Å². The van der Waals surface area contributed by atoms with Crippen molar-refractivity contribution in [2.45, 2.75) is 19.1 Å². The van der Waals surface area contributed by atoms with E-state index in [-0.39, 0.29) is 20.4 Å². The number of aliphatic hydroxyl groups excluding tert-OH is 4. The molecule has 9 N–H and O–H groups in total. The molecular formula is C18H24I3N3O11. The maximum atomic E-state index is 11.2. The van der Waals surface area contributed by atoms with Gasteiger partial charge in [0.15, 0.2) is 12.2 Å². The number of carboxylic acids is 2. The van der Waals surface area contributed by atoms with Gasteiger partial charge >= 0.3 is 11.9 Å². The number of anilines is 1. The number of hydrogen-bond donors (Lipinski definition) is 9. The summed E-state index contributed by atoms with van der Waals surface area (Å²) in [5.41, 5.74) is -0.0329. The number of hydrogen-bond acceptors (Lipinski definition) is 9. The van der Waals surface area contributed by atoms with Gasteiger partial charge in [0.25, 0.3) is 11.8 Å². The third kappa shape index (κ3) is 11.9. The molecular weight excluding hydrogens is 815 g/mol. The highest BCUT2D eigenvalue weighted by molar-refractivity contribution is 14.1. The molecule has 35 heavy (non-hydrogen) atoms. The van der Waals surface area contributed by atoms with Gasteiger partial charge in [0.1, 0.15) is 0 Å². The Labute approximate surface area is 240 Å². The molecule has 0 aliphatic carbocycles. The summed E-state index contributed by atoms with van der Waals surface area (Å²) >= 11 is 5.25. The number of carboxylic acid groups (broad SMARTS) is 2. The van der Waals surface area contributed by atoms with Gasteiger partial charge in [-0.1, -0.05) is 0 Å². The number of amides is 3. The van der Waals surface area contributed by atoms with E-state index in [0.29, 0.717) is 7.14 Å². The van der Waals surface area contributed by atoms with Crippen LogP contribution in [0.5, 0.6) is 0 Å². The summed E-state index contributed by atoms with van der Waals surface area (Å²) in [6.07, 6.45) is -2.56. The molecule has 1 aromatic rings. The first-order valence-corrected chi connectivity index (χ1v) is 12.3. The van der Waals surface area contributed by atoms with Crippen molar-refractivity contribution in [2.24, 2.45) is 0 Å². The Balaban J connectivity index is 0. The predicted molar refractivity (Wildman–Crippen MR) is 147 cm³/mol. The van der Waals surface area contributed by atoms with Crippen LogP contribution in [0.1, 0.15) is 27.6 Å². The summed E-state index contributed by atoms with van der Waals surface area (Å²) < 4.78 is 0.749. The van der Waals surface area contributed by atoms with Crippen LogP contribution in [0, 0.1) is 10.7 Å². The number of likely N-dealkylation sites (N-methyl/N-ethyl adjacent to an activating group) is 2. The number of rotatable bonds is 7. The molecule has 0 aromatic heterocycles. The van der Waals surface area contributed by atoms with E-state index in [1.54, 1.807) is 67.8 Å². The first-order valence-electron chi connectivity index (χ1n) is 9.08. The number of aromatic carboxylic acids is 2. The minimum absolute atomic E-state index is 0.122. The largest absolute Gasteiger partial charge is 0.478 e. The Morgan fingerprint density at radius 1 is 0.743 bits per heavy atom. The van der Waals surface area contributed by atoms with Crippen molar-refractivity contribution in [3.63, 3.8) is 0 Å². The predicted octanol–water partition coefficient (Wildman–Crippen LogP) is -0.974. The molecule has 0 saturated heterocycles. The van der Waals surface area contributed by atoms with Crippen molar-refractivity contribution in [1.82, 2.24) is 10.6 Å². The lowest BCUT2D eigenvalue weighted by atomic mass is 10.1. The first kappa shape index (κ1) is 35.8. The molecule has 0 bridgehead atoms. The minimum Gasteiger partial charge on any atom is -0.478 e. The molecule has 1 aromatic carbocycles. The fraction of sp³-hybridized carbons (Fsp3) is 0.389. The quantitative estimate of drug-likeness (QED) is 0.151. The third-order valence-electron chi connectivity index (χ3n) is 3.49. The molecule has 17 heteroatoms. The van der Waals surface area contributed by atoms with Crippen LogP contribution in [0.25, 0.3) is 0 Å². The van der Waals surface area contributed by atoms with Gasteiger partial charge in [-0.25, -0.2) is 9.59 Å². The van der Waals surface area contributed by atoms with Crippen LogP contribution in [0.15, 0.2) is 0 Å². The first-order chi connectivity index (χ1) is 16.1. The molecule has 2 unspecified atom stereocenters. The van der Waals surface area contributed by atoms with E-state index in [1.807, 2.05) is 0 Å². The van der Waals surface area contributed by atoms with Crippen molar-refractivity contribution in [3.05, 3.63) is 21.8 Å². The monoisotopic (exact) mass is 839 g/mol. The molecule has 0 radical (unpaired) electrons. The number of nitrogens with one attached hydrogen (secondary N) is 3. The fourth-order valence-corrected chi connectivity index (χ4v) is 6.18. The smallest absolute Gasteiger partial charge is 0.337 e. The number of aliphatic hydroxyl groups is 4. The maximum Gasteiger partial charge on any atom is 0.337 e. The SMILES string of the molecule is CC(=O)Nc1c(I)c(C(=O)O)c(I)c(C(=O)O)c1I.CNC(=O)C(O)CO.CNC(=O)C(O)CO. The zero-order valence-electron chi connectivity index (χ0n) is 18.4. The molecule has 0 saturated carbocycles. The molecule has 0 aliphatic heterocycles. The summed E-state index contributed by atoms with van der Waals surface area (Å²) in [6.45, 7) is 0.213. The number of benzene rings is 1. The number of carbonyl (C=O) groups excluding carboxylic acids is 3. The summed E-state index contributed by atoms with van der Waals surface area (Å²) in [4.78, 5) is 54.1. The van der Waals surface area contributed by atoms with Crippen LogP contribution in [-0.4, -0.2) is 99.8 Å². The van der Waals surface area contributed by atoms with Crippen LogP contribution in [0.4, 0.5) is 5.69 Å². The van der Waals surface area contributed by atoms with E-state index in [4.69, 9.17) is 20.4 Å². The minimum atomic E-state index is -1.28. The Morgan fingerprint density at radius 2 is 1.06 bits per heavy atom. The summed E-state index contributed by atoms with van der Waals surface area (Å²) in [5, 5.41) is 58.4. The van der Waals surface area contributed by atoms with Gasteiger partial charge in [-0.2, -0.15) is 0 Å². The van der Waals surface area contributed by atoms with Crippen LogP contribution in [-0.2, 0) is 14.4 Å². The molecule has 0 spiro atoms. The van der Waals surface area contributed by atoms with Gasteiger partial charge < -0.3 is 46.6 Å². The summed E-state index contributed by atoms with van der Waals surface area (Å²) in [6, 6.07) is 0. The standard InChI is InChI=1S/C10H6I3NO5.2C4H9NO3/c1-2(15)14-8-6(12)3(9(16)17)5(11)4(7(8)13)10(18)19;2*1-5-4(8)3(7)2-6/h1H3,(H,14,15)(H,16,17)(H,18,19);2*3,6-7H,2H2,1H3,(H,5,8). The second kappa shape index (κ2) is 17.9. The van der Waals surface area contributed by atoms with E-state index >= 15 is 0 Å². The summed E-state index contributed by atoms with van der Waals surface area (Å²) in [5.74, 6) is -4.00. The Kier molecular flexibility index (Phi) is 18.3. The number of carbonyl (C=O) groups is 5. The van der Waals surface area contributed by atoms with Crippen LogP contribution in [0.2, 0.25) is 0 Å². The van der Waals surface area contributed by atoms with Gasteiger partial charge in [0.2, 0.25) is 5.91 Å². The van der Waals surface area contributed by atoms with Gasteiger partial charge in [-0.15, -0.1) is 0 Å². The van der Waals surface area contributed by atoms with Gasteiger partial charge in [-0.3, -0.25) is 14.4 Å². The molecule has 198 valence electrons. The highest BCUT2D eigenvalue weighted by Gasteiger charge is 2.27. The van der Waals surface area contributed by atoms with E-state index in [1.165, 1.54) is 21.0 Å². The third-order valence-corrected chi connectivity index (χ3v) is 6.73. The van der Waals surface area contributed by atoms with Crippen LogP contribution < -0.4 is 16.0 Å². The van der Waals surface area contributed by atoms with E-state index < -0.39 is 55.1 Å². The lowest BCUT2D eigenvalue weighted by molar-refractivity contribution is -0.131. The molecule has 14 nitrogen and oxygen atoms in total. The van der Waals surface area contributed by atoms with Crippen LogP contribution >= 0.6 is 67.8 Å². The van der Waals surface area contributed by atoms with E-state index in [9.17, 15) is 34.2 Å². The van der Waals surface area contributed by atoms with Crippen molar-refractivity contribution in [3.8, 4) is 0 Å². The van der Waals surface area contributed by atoms with E-state index in [0.717, 1.165) is 0 Å². The average Bonchev–Trinajstić information content (AvgIpc) is 2.79. The normalized spacial score (nSPS) is 11.4. The van der Waals surface area contributed by atoms with Crippen LogP contribution in [0.3, 0.4) is 0 Å². The fourth-order valence-electron chi connectivity index (χ4n) is 1.82. The lowest BCUT2D eigenvalue weighted by Crippen LogP contribution is -2.34. The van der Waals surface area contributed by atoms with Crippen molar-refractivity contribution >= 4 is 103 Å². The average molecular weight is 839 g/mol. The second-order valence-corrected chi connectivity index (χ2v) is 9.22. The summed E-state index contributed by atoms with van der Waals surface area (Å²) in [7, 11) is 2.78. The Hall–Kier alpha value is -1.40. The zero-order valence-corrected chi connectivity index (χ0v) is 24.9. The number of halogens is 3. The van der Waals surface area contributed by atoms with Crippen molar-refractivity contribution < 1.29 is 54.6 Å². The molecule has 1 rings (SSSR count). The highest BCUT2D eigenvalue weighted by atomic mass is 127. The van der Waals surface area contributed by atoms with E-state index in [2.05, 4.69) is 16.0 Å². The van der Waals surface area contributed by atoms with Gasteiger partial charge in [0, 0.05) is 24.6 Å². The molecule has 3 amide bonds. The molecule has 0 heterocycles. The van der Waals surface area contributed by atoms with Gasteiger partial charge in [0.05, 0.1) is 37.2 Å². The second-order valence-electron chi connectivity index (χ2n) is 5.98. The lowest BCUT2D eigenvalue weighted by Gasteiger charge is -2.15. The Bertz CT molecular complexity index is 881. The van der Waals surface area contributed by atoms with Crippen molar-refractivity contribution in [2.75, 3.05) is 32.6 Å². The maximum absolute atomic E-state index is 11.2.